The van der Waals surface area contributed by atoms with Crippen LogP contribution in [0.15, 0.2) is 54.9 Å². The highest BCUT2D eigenvalue weighted by molar-refractivity contribution is 5.84. The first-order chi connectivity index (χ1) is 13.7. The van der Waals surface area contributed by atoms with Crippen molar-refractivity contribution in [3.63, 3.8) is 0 Å². The van der Waals surface area contributed by atoms with Crippen LogP contribution in [-0.4, -0.2) is 46.2 Å². The molecular formula is C23H29N3O2. The molecule has 0 saturated carbocycles. The number of piperidine rings is 1. The Morgan fingerprint density at radius 3 is 2.61 bits per heavy atom. The summed E-state index contributed by atoms with van der Waals surface area (Å²) < 4.78 is 0. The van der Waals surface area contributed by atoms with Gasteiger partial charge in [0.1, 0.15) is 0 Å². The molecule has 0 N–H and O–H groups in total. The van der Waals surface area contributed by atoms with E-state index in [0.717, 1.165) is 24.9 Å². The van der Waals surface area contributed by atoms with Crippen molar-refractivity contribution in [1.29, 1.82) is 0 Å². The molecule has 3 rings (SSSR count). The highest BCUT2D eigenvalue weighted by atomic mass is 16.2. The lowest BCUT2D eigenvalue weighted by Crippen LogP contribution is -2.47. The van der Waals surface area contributed by atoms with Crippen LogP contribution >= 0.6 is 0 Å². The van der Waals surface area contributed by atoms with Crippen molar-refractivity contribution in [2.24, 2.45) is 5.92 Å². The van der Waals surface area contributed by atoms with Crippen molar-refractivity contribution in [2.75, 3.05) is 19.6 Å². The minimum atomic E-state index is -0.109. The molecule has 2 aromatic rings. The Bertz CT molecular complexity index is 764. The topological polar surface area (TPSA) is 53.5 Å². The van der Waals surface area contributed by atoms with E-state index in [1.54, 1.807) is 12.4 Å². The molecule has 28 heavy (non-hydrogen) atoms. The van der Waals surface area contributed by atoms with Gasteiger partial charge in [-0.05, 0) is 42.5 Å². The molecule has 5 nitrogen and oxygen atoms in total. The fraction of sp³-hybridized carbons (Fsp3) is 0.435. The van der Waals surface area contributed by atoms with Gasteiger partial charge in [0.05, 0.1) is 5.92 Å². The van der Waals surface area contributed by atoms with E-state index in [1.807, 2.05) is 40.1 Å². The van der Waals surface area contributed by atoms with Crippen LogP contribution in [0.4, 0.5) is 0 Å². The standard InChI is InChI=1S/C23H29N3O2/c1-2-15-26(17-20-10-13-24-14-11-20)23(28)21-8-9-22(27)25(18-21)16-12-19-6-4-3-5-7-19/h3-7,10-11,13-14,21H,2,8-9,12,15-18H2,1H3. The minimum absolute atomic E-state index is 0.109. The van der Waals surface area contributed by atoms with E-state index in [4.69, 9.17) is 0 Å². The molecule has 0 spiro atoms. The van der Waals surface area contributed by atoms with Gasteiger partial charge in [0.15, 0.2) is 0 Å². The number of hydrogen-bond acceptors (Lipinski definition) is 3. The predicted molar refractivity (Wildman–Crippen MR) is 109 cm³/mol. The normalized spacial score (nSPS) is 16.8. The quantitative estimate of drug-likeness (QED) is 0.707. The second kappa shape index (κ2) is 10.0. The Kier molecular flexibility index (Phi) is 7.18. The lowest BCUT2D eigenvalue weighted by Gasteiger charge is -2.35. The van der Waals surface area contributed by atoms with Crippen LogP contribution in [0.3, 0.4) is 0 Å². The maximum absolute atomic E-state index is 13.2. The van der Waals surface area contributed by atoms with E-state index in [1.165, 1.54) is 5.56 Å². The van der Waals surface area contributed by atoms with Crippen molar-refractivity contribution in [3.8, 4) is 0 Å². The number of rotatable bonds is 8. The van der Waals surface area contributed by atoms with Crippen LogP contribution < -0.4 is 0 Å². The number of carbonyl (C=O) groups is 2. The van der Waals surface area contributed by atoms with Gasteiger partial charge in [0.25, 0.3) is 0 Å². The molecule has 2 heterocycles. The summed E-state index contributed by atoms with van der Waals surface area (Å²) in [5, 5.41) is 0. The SMILES string of the molecule is CCCN(Cc1ccncc1)C(=O)C1CCC(=O)N(CCc2ccccc2)C1. The van der Waals surface area contributed by atoms with Crippen molar-refractivity contribution >= 4 is 11.8 Å². The summed E-state index contributed by atoms with van der Waals surface area (Å²) in [6, 6.07) is 14.1. The molecule has 1 aromatic heterocycles. The molecule has 0 radical (unpaired) electrons. The third kappa shape index (κ3) is 5.41. The van der Waals surface area contributed by atoms with Gasteiger partial charge in [-0.2, -0.15) is 0 Å². The average Bonchev–Trinajstić information content (AvgIpc) is 2.74. The third-order valence-corrected chi connectivity index (χ3v) is 5.29. The Morgan fingerprint density at radius 2 is 1.89 bits per heavy atom. The van der Waals surface area contributed by atoms with Crippen LogP contribution in [0.5, 0.6) is 0 Å². The summed E-state index contributed by atoms with van der Waals surface area (Å²) in [5.41, 5.74) is 2.30. The van der Waals surface area contributed by atoms with Crippen LogP contribution in [0, 0.1) is 5.92 Å². The first-order valence-corrected chi connectivity index (χ1v) is 10.2. The molecule has 0 bridgehead atoms. The number of likely N-dealkylation sites (tertiary alicyclic amines) is 1. The maximum Gasteiger partial charge on any atom is 0.227 e. The number of benzene rings is 1. The van der Waals surface area contributed by atoms with Gasteiger partial charge in [-0.3, -0.25) is 14.6 Å². The molecule has 1 saturated heterocycles. The summed E-state index contributed by atoms with van der Waals surface area (Å²) in [5.74, 6) is 0.217. The molecule has 1 unspecified atom stereocenters. The molecule has 5 heteroatoms. The van der Waals surface area contributed by atoms with E-state index < -0.39 is 0 Å². The van der Waals surface area contributed by atoms with Gasteiger partial charge >= 0.3 is 0 Å². The van der Waals surface area contributed by atoms with Gasteiger partial charge < -0.3 is 9.80 Å². The van der Waals surface area contributed by atoms with E-state index in [9.17, 15) is 9.59 Å². The summed E-state index contributed by atoms with van der Waals surface area (Å²) in [6.45, 7) is 4.62. The third-order valence-electron chi connectivity index (χ3n) is 5.29. The lowest BCUT2D eigenvalue weighted by atomic mass is 9.95. The minimum Gasteiger partial charge on any atom is -0.342 e. The van der Waals surface area contributed by atoms with Gasteiger partial charge in [0.2, 0.25) is 11.8 Å². The van der Waals surface area contributed by atoms with Crippen LogP contribution in [0.25, 0.3) is 0 Å². The first-order valence-electron chi connectivity index (χ1n) is 10.2. The molecular weight excluding hydrogens is 350 g/mol. The Labute approximate surface area is 167 Å². The Morgan fingerprint density at radius 1 is 1.14 bits per heavy atom. The zero-order valence-corrected chi connectivity index (χ0v) is 16.6. The fourth-order valence-corrected chi connectivity index (χ4v) is 3.75. The number of carbonyl (C=O) groups excluding carboxylic acids is 2. The molecule has 1 aromatic carbocycles. The van der Waals surface area contributed by atoms with Gasteiger partial charge in [-0.1, -0.05) is 37.3 Å². The number of aromatic nitrogens is 1. The molecule has 1 aliphatic rings. The van der Waals surface area contributed by atoms with Gasteiger partial charge in [-0.15, -0.1) is 0 Å². The van der Waals surface area contributed by atoms with E-state index >= 15 is 0 Å². The van der Waals surface area contributed by atoms with Crippen LogP contribution in [0.1, 0.15) is 37.3 Å². The molecule has 148 valence electrons. The van der Waals surface area contributed by atoms with Crippen LogP contribution in [0.2, 0.25) is 0 Å². The monoisotopic (exact) mass is 379 g/mol. The molecule has 0 aliphatic carbocycles. The summed E-state index contributed by atoms with van der Waals surface area (Å²) in [7, 11) is 0. The maximum atomic E-state index is 13.2. The number of pyridine rings is 1. The highest BCUT2D eigenvalue weighted by Crippen LogP contribution is 2.21. The van der Waals surface area contributed by atoms with Crippen molar-refractivity contribution < 1.29 is 9.59 Å². The predicted octanol–water partition coefficient (Wildman–Crippen LogP) is 3.30. The van der Waals surface area contributed by atoms with Crippen LogP contribution in [-0.2, 0) is 22.6 Å². The molecule has 1 aliphatic heterocycles. The number of nitrogens with zero attached hydrogens (tertiary/aromatic N) is 3. The Balaban J connectivity index is 1.61. The molecule has 1 fully saturated rings. The zero-order chi connectivity index (χ0) is 19.8. The molecule has 2 amide bonds. The van der Waals surface area contributed by atoms with E-state index in [0.29, 0.717) is 32.5 Å². The number of amides is 2. The van der Waals surface area contributed by atoms with Crippen molar-refractivity contribution in [3.05, 3.63) is 66.0 Å². The van der Waals surface area contributed by atoms with Gasteiger partial charge in [-0.25, -0.2) is 0 Å². The largest absolute Gasteiger partial charge is 0.342 e. The molecule has 1 atom stereocenters. The van der Waals surface area contributed by atoms with E-state index in [-0.39, 0.29) is 17.7 Å². The zero-order valence-electron chi connectivity index (χ0n) is 16.6. The van der Waals surface area contributed by atoms with Gasteiger partial charge in [0, 0.05) is 45.0 Å². The average molecular weight is 380 g/mol. The summed E-state index contributed by atoms with van der Waals surface area (Å²) >= 11 is 0. The Hall–Kier alpha value is -2.69. The highest BCUT2D eigenvalue weighted by Gasteiger charge is 2.32. The summed E-state index contributed by atoms with van der Waals surface area (Å²) in [4.78, 5) is 33.4. The second-order valence-corrected chi connectivity index (χ2v) is 7.43. The summed E-state index contributed by atoms with van der Waals surface area (Å²) in [6.07, 6.45) is 6.36. The smallest absolute Gasteiger partial charge is 0.227 e. The lowest BCUT2D eigenvalue weighted by molar-refractivity contribution is -0.143. The van der Waals surface area contributed by atoms with Crippen molar-refractivity contribution in [1.82, 2.24) is 14.8 Å². The fourth-order valence-electron chi connectivity index (χ4n) is 3.75. The number of hydrogen-bond donors (Lipinski definition) is 0. The van der Waals surface area contributed by atoms with E-state index in [2.05, 4.69) is 24.0 Å². The first kappa shape index (κ1) is 20.1. The second-order valence-electron chi connectivity index (χ2n) is 7.43. The van der Waals surface area contributed by atoms with Crippen molar-refractivity contribution in [2.45, 2.75) is 39.2 Å².